The lowest BCUT2D eigenvalue weighted by atomic mass is 10.2. The van der Waals surface area contributed by atoms with Crippen molar-refractivity contribution in [3.05, 3.63) is 64.3 Å². The summed E-state index contributed by atoms with van der Waals surface area (Å²) in [4.78, 5) is 29.8. The molecular formula is C19H16N4O2S2. The van der Waals surface area contributed by atoms with Crippen molar-refractivity contribution < 1.29 is 4.79 Å². The molecule has 0 aliphatic rings. The molecule has 2 heterocycles. The molecule has 0 aliphatic heterocycles. The van der Waals surface area contributed by atoms with Crippen LogP contribution in [0.4, 0.5) is 5.00 Å². The van der Waals surface area contributed by atoms with Gasteiger partial charge in [0.1, 0.15) is 11.1 Å². The number of rotatable bonds is 6. The molecule has 1 amide bonds. The maximum atomic E-state index is 12.8. The minimum Gasteiger partial charge on any atom is -0.316 e. The van der Waals surface area contributed by atoms with E-state index in [9.17, 15) is 9.59 Å². The molecule has 0 radical (unpaired) electrons. The lowest BCUT2D eigenvalue weighted by Gasteiger charge is -2.15. The number of carbonyl (C=O) groups excluding carboxylic acids is 1. The first-order valence-electron chi connectivity index (χ1n) is 8.10. The number of thioether (sulfide) groups is 1. The number of para-hydroxylation sites is 1. The first-order chi connectivity index (χ1) is 13.0. The van der Waals surface area contributed by atoms with Crippen LogP contribution in [0.1, 0.15) is 12.5 Å². The van der Waals surface area contributed by atoms with Gasteiger partial charge in [0.05, 0.1) is 21.7 Å². The van der Waals surface area contributed by atoms with Crippen LogP contribution in [0, 0.1) is 11.3 Å². The lowest BCUT2D eigenvalue weighted by Crippen LogP contribution is -2.26. The summed E-state index contributed by atoms with van der Waals surface area (Å²) in [5.74, 6) is -0.258. The molecule has 27 heavy (non-hydrogen) atoms. The van der Waals surface area contributed by atoms with Crippen LogP contribution in [0.2, 0.25) is 0 Å². The van der Waals surface area contributed by atoms with Crippen molar-refractivity contribution in [2.75, 3.05) is 5.32 Å². The largest absolute Gasteiger partial charge is 0.316 e. The molecule has 1 atom stereocenters. The maximum Gasteiger partial charge on any atom is 0.262 e. The molecule has 136 valence electrons. The van der Waals surface area contributed by atoms with Gasteiger partial charge in [-0.15, -0.1) is 17.9 Å². The summed E-state index contributed by atoms with van der Waals surface area (Å²) >= 11 is 2.49. The highest BCUT2D eigenvalue weighted by molar-refractivity contribution is 8.00. The zero-order valence-corrected chi connectivity index (χ0v) is 16.1. The van der Waals surface area contributed by atoms with Crippen molar-refractivity contribution >= 4 is 44.9 Å². The molecule has 3 rings (SSSR count). The molecule has 0 saturated carbocycles. The smallest absolute Gasteiger partial charge is 0.262 e. The number of carbonyl (C=O) groups is 1. The van der Waals surface area contributed by atoms with Gasteiger partial charge < -0.3 is 5.32 Å². The third-order valence-electron chi connectivity index (χ3n) is 3.81. The molecule has 1 aromatic carbocycles. The van der Waals surface area contributed by atoms with E-state index in [1.165, 1.54) is 27.7 Å². The van der Waals surface area contributed by atoms with E-state index >= 15 is 0 Å². The fourth-order valence-corrected chi connectivity index (χ4v) is 4.11. The van der Waals surface area contributed by atoms with Crippen LogP contribution >= 0.6 is 23.1 Å². The standard InChI is InChI=1S/C19H16N4O2S2/c1-3-9-23-18(25)14-6-4-5-7-15(14)21-19(23)27-12(2)16(24)22-17-13(11-20)8-10-26-17/h3-8,10,12H,1,9H2,2H3,(H,22,24)/t12-/m0/s1. The number of nitriles is 1. The van der Waals surface area contributed by atoms with Gasteiger partial charge in [0, 0.05) is 6.54 Å². The Balaban J connectivity index is 1.89. The highest BCUT2D eigenvalue weighted by Gasteiger charge is 2.20. The van der Waals surface area contributed by atoms with Crippen LogP contribution in [0.5, 0.6) is 0 Å². The van der Waals surface area contributed by atoms with E-state index < -0.39 is 5.25 Å². The Labute approximate surface area is 164 Å². The second-order valence-corrected chi connectivity index (χ2v) is 7.86. The Hall–Kier alpha value is -2.89. The van der Waals surface area contributed by atoms with Gasteiger partial charge in [0.25, 0.3) is 5.56 Å². The number of nitrogens with zero attached hydrogens (tertiary/aromatic N) is 3. The topological polar surface area (TPSA) is 87.8 Å². The van der Waals surface area contributed by atoms with E-state index in [1.54, 1.807) is 42.6 Å². The van der Waals surface area contributed by atoms with Gasteiger partial charge in [0.2, 0.25) is 5.91 Å². The van der Waals surface area contributed by atoms with Gasteiger partial charge in [0.15, 0.2) is 5.16 Å². The van der Waals surface area contributed by atoms with Crippen molar-refractivity contribution in [2.24, 2.45) is 0 Å². The number of hydrogen-bond donors (Lipinski definition) is 1. The highest BCUT2D eigenvalue weighted by atomic mass is 32.2. The Morgan fingerprint density at radius 2 is 2.26 bits per heavy atom. The monoisotopic (exact) mass is 396 g/mol. The minimum absolute atomic E-state index is 0.166. The molecule has 6 nitrogen and oxygen atoms in total. The van der Waals surface area contributed by atoms with E-state index in [1.807, 2.05) is 12.1 Å². The molecule has 1 N–H and O–H groups in total. The maximum absolute atomic E-state index is 12.8. The summed E-state index contributed by atoms with van der Waals surface area (Å²) in [6.07, 6.45) is 1.62. The van der Waals surface area contributed by atoms with Gasteiger partial charge in [-0.1, -0.05) is 30.0 Å². The molecule has 8 heteroatoms. The summed E-state index contributed by atoms with van der Waals surface area (Å²) in [7, 11) is 0. The van der Waals surface area contributed by atoms with E-state index in [0.717, 1.165) is 0 Å². The van der Waals surface area contributed by atoms with E-state index in [0.29, 0.717) is 33.2 Å². The summed E-state index contributed by atoms with van der Waals surface area (Å²) in [5.41, 5.74) is 0.849. The van der Waals surface area contributed by atoms with Crippen LogP contribution < -0.4 is 10.9 Å². The molecule has 0 fully saturated rings. The fraction of sp³-hybridized carbons (Fsp3) is 0.158. The van der Waals surface area contributed by atoms with Gasteiger partial charge in [-0.2, -0.15) is 5.26 Å². The molecule has 3 aromatic rings. The summed E-state index contributed by atoms with van der Waals surface area (Å²) in [5, 5.41) is 14.6. The second-order valence-electron chi connectivity index (χ2n) is 5.64. The Bertz CT molecular complexity index is 1110. The lowest BCUT2D eigenvalue weighted by molar-refractivity contribution is -0.115. The van der Waals surface area contributed by atoms with Crippen LogP contribution in [-0.4, -0.2) is 20.7 Å². The zero-order valence-electron chi connectivity index (χ0n) is 14.5. The van der Waals surface area contributed by atoms with Gasteiger partial charge in [-0.25, -0.2) is 4.98 Å². The number of hydrogen-bond acceptors (Lipinski definition) is 6. The quantitative estimate of drug-likeness (QED) is 0.390. The average molecular weight is 396 g/mol. The fourth-order valence-electron chi connectivity index (χ4n) is 2.45. The van der Waals surface area contributed by atoms with Crippen molar-refractivity contribution in [1.82, 2.24) is 9.55 Å². The number of fused-ring (bicyclic) bond motifs is 1. The Morgan fingerprint density at radius 1 is 1.48 bits per heavy atom. The first kappa shape index (κ1) is 18.9. The van der Waals surface area contributed by atoms with Crippen LogP contribution in [0.3, 0.4) is 0 Å². The molecular weight excluding hydrogens is 380 g/mol. The summed E-state index contributed by atoms with van der Waals surface area (Å²) in [6.45, 7) is 5.73. The van der Waals surface area contributed by atoms with Gasteiger partial charge >= 0.3 is 0 Å². The number of aromatic nitrogens is 2. The average Bonchev–Trinajstić information content (AvgIpc) is 3.12. The van der Waals surface area contributed by atoms with Crippen molar-refractivity contribution in [2.45, 2.75) is 23.9 Å². The van der Waals surface area contributed by atoms with Crippen LogP contribution in [-0.2, 0) is 11.3 Å². The number of nitrogens with one attached hydrogen (secondary N) is 1. The van der Waals surface area contributed by atoms with E-state index in [-0.39, 0.29) is 11.5 Å². The highest BCUT2D eigenvalue weighted by Crippen LogP contribution is 2.26. The third-order valence-corrected chi connectivity index (χ3v) is 5.73. The summed E-state index contributed by atoms with van der Waals surface area (Å²) < 4.78 is 1.51. The molecule has 0 saturated heterocycles. The van der Waals surface area contributed by atoms with E-state index in [2.05, 4.69) is 16.9 Å². The SMILES string of the molecule is C=CCn1c(S[C@@H](C)C(=O)Nc2sccc2C#N)nc2ccccc2c1=O. The second kappa shape index (κ2) is 8.20. The molecule has 0 spiro atoms. The van der Waals surface area contributed by atoms with Gasteiger partial charge in [-0.3, -0.25) is 14.2 Å². The van der Waals surface area contributed by atoms with Crippen molar-refractivity contribution in [1.29, 1.82) is 5.26 Å². The van der Waals surface area contributed by atoms with E-state index in [4.69, 9.17) is 5.26 Å². The zero-order chi connectivity index (χ0) is 19.4. The minimum atomic E-state index is -0.511. The number of allylic oxidation sites excluding steroid dienone is 1. The number of anilines is 1. The van der Waals surface area contributed by atoms with Gasteiger partial charge in [-0.05, 0) is 30.5 Å². The number of thiophene rings is 1. The Morgan fingerprint density at radius 3 is 3.00 bits per heavy atom. The third kappa shape index (κ3) is 3.94. The first-order valence-corrected chi connectivity index (χ1v) is 9.86. The Kier molecular flexibility index (Phi) is 5.74. The molecule has 0 bridgehead atoms. The van der Waals surface area contributed by atoms with Crippen molar-refractivity contribution in [3.8, 4) is 6.07 Å². The predicted octanol–water partition coefficient (Wildman–Crippen LogP) is 3.63. The summed E-state index contributed by atoms with van der Waals surface area (Å²) in [6, 6.07) is 10.8. The molecule has 0 unspecified atom stereocenters. The normalized spacial score (nSPS) is 11.7. The van der Waals surface area contributed by atoms with Crippen LogP contribution in [0.25, 0.3) is 10.9 Å². The predicted molar refractivity (Wildman–Crippen MR) is 109 cm³/mol. The van der Waals surface area contributed by atoms with Crippen LogP contribution in [0.15, 0.2) is 58.3 Å². The number of amides is 1. The molecule has 2 aromatic heterocycles. The molecule has 0 aliphatic carbocycles. The number of benzene rings is 1. The van der Waals surface area contributed by atoms with Crippen molar-refractivity contribution in [3.63, 3.8) is 0 Å².